The van der Waals surface area contributed by atoms with Crippen molar-refractivity contribution in [3.05, 3.63) is 28.0 Å². The Balaban J connectivity index is 1.97. The van der Waals surface area contributed by atoms with Crippen LogP contribution in [0.3, 0.4) is 0 Å². The van der Waals surface area contributed by atoms with E-state index < -0.39 is 0 Å². The predicted molar refractivity (Wildman–Crippen MR) is 80.2 cm³/mol. The molecule has 0 radical (unpaired) electrons. The zero-order chi connectivity index (χ0) is 14.3. The lowest BCUT2D eigenvalue weighted by Crippen LogP contribution is -1.92. The average molecular weight is 306 g/mol. The zero-order valence-corrected chi connectivity index (χ0v) is 13.4. The molecule has 3 aromatic heterocycles. The molecule has 0 aliphatic carbocycles. The van der Waals surface area contributed by atoms with Crippen molar-refractivity contribution in [3.8, 4) is 0 Å². The average Bonchev–Trinajstić information content (AvgIpc) is 2.92. The Hall–Kier alpha value is -1.47. The van der Waals surface area contributed by atoms with Crippen molar-refractivity contribution in [2.45, 2.75) is 38.5 Å². The van der Waals surface area contributed by atoms with Gasteiger partial charge in [-0.2, -0.15) is 4.98 Å². The summed E-state index contributed by atoms with van der Waals surface area (Å²) in [6.45, 7) is 7.97. The molecule has 5 nitrogen and oxygen atoms in total. The number of rotatable bonds is 3. The standard InChI is InChI=1S/C13H14N4OS2/c1-6-7(2)20-13-11(6)12(15-8(3)16-13)19-5-10-14-9(4)17-18-10/h5H2,1-4H3. The fraction of sp³-hybridized carbons (Fsp3) is 0.385. The highest BCUT2D eigenvalue weighted by Crippen LogP contribution is 2.35. The number of nitrogens with zero attached hydrogens (tertiary/aromatic N) is 4. The number of thioether (sulfide) groups is 1. The quantitative estimate of drug-likeness (QED) is 0.544. The van der Waals surface area contributed by atoms with Crippen molar-refractivity contribution in [1.82, 2.24) is 20.1 Å². The Morgan fingerprint density at radius 1 is 1.05 bits per heavy atom. The summed E-state index contributed by atoms with van der Waals surface area (Å²) >= 11 is 3.33. The molecule has 0 amide bonds. The second kappa shape index (κ2) is 5.14. The molecule has 0 spiro atoms. The van der Waals surface area contributed by atoms with Gasteiger partial charge in [-0.25, -0.2) is 9.97 Å². The molecule has 3 rings (SSSR count). The molecular weight excluding hydrogens is 292 g/mol. The maximum atomic E-state index is 5.14. The van der Waals surface area contributed by atoms with E-state index in [-0.39, 0.29) is 0 Å². The molecule has 3 aromatic rings. The monoisotopic (exact) mass is 306 g/mol. The number of thiophene rings is 1. The van der Waals surface area contributed by atoms with E-state index in [2.05, 4.69) is 34.0 Å². The first-order valence-corrected chi connectivity index (χ1v) is 8.01. The van der Waals surface area contributed by atoms with Crippen LogP contribution in [0.1, 0.15) is 28.0 Å². The largest absolute Gasteiger partial charge is 0.338 e. The molecule has 7 heteroatoms. The normalized spacial score (nSPS) is 11.4. The highest BCUT2D eigenvalue weighted by molar-refractivity contribution is 7.98. The summed E-state index contributed by atoms with van der Waals surface area (Å²) in [4.78, 5) is 15.6. The van der Waals surface area contributed by atoms with E-state index in [9.17, 15) is 0 Å². The second-order valence-electron chi connectivity index (χ2n) is 4.56. The van der Waals surface area contributed by atoms with Gasteiger partial charge in [-0.1, -0.05) is 16.9 Å². The van der Waals surface area contributed by atoms with E-state index >= 15 is 0 Å². The Morgan fingerprint density at radius 3 is 2.55 bits per heavy atom. The Kier molecular flexibility index (Phi) is 3.47. The van der Waals surface area contributed by atoms with Gasteiger partial charge in [0.15, 0.2) is 5.82 Å². The Morgan fingerprint density at radius 2 is 1.85 bits per heavy atom. The van der Waals surface area contributed by atoms with Gasteiger partial charge >= 0.3 is 0 Å². The van der Waals surface area contributed by atoms with Gasteiger partial charge in [-0.15, -0.1) is 11.3 Å². The smallest absolute Gasteiger partial charge is 0.237 e. The SMILES string of the molecule is Cc1noc(CSc2nc(C)nc3sc(C)c(C)c23)n1. The van der Waals surface area contributed by atoms with Crippen LogP contribution < -0.4 is 0 Å². The zero-order valence-electron chi connectivity index (χ0n) is 11.7. The highest BCUT2D eigenvalue weighted by Gasteiger charge is 2.15. The molecule has 0 saturated heterocycles. The summed E-state index contributed by atoms with van der Waals surface area (Å²) in [7, 11) is 0. The predicted octanol–water partition coefficient (Wildman–Crippen LogP) is 3.60. The molecule has 0 atom stereocenters. The van der Waals surface area contributed by atoms with E-state index in [4.69, 9.17) is 4.52 Å². The van der Waals surface area contributed by atoms with E-state index in [1.165, 1.54) is 10.4 Å². The van der Waals surface area contributed by atoms with Crippen molar-refractivity contribution in [3.63, 3.8) is 0 Å². The van der Waals surface area contributed by atoms with Crippen LogP contribution in [0.2, 0.25) is 0 Å². The Bertz CT molecular complexity index is 778. The maximum Gasteiger partial charge on any atom is 0.237 e. The molecule has 0 saturated carbocycles. The van der Waals surface area contributed by atoms with E-state index in [1.54, 1.807) is 23.1 Å². The third-order valence-electron chi connectivity index (χ3n) is 3.01. The molecule has 0 bridgehead atoms. The van der Waals surface area contributed by atoms with Gasteiger partial charge in [0, 0.05) is 10.3 Å². The van der Waals surface area contributed by atoms with E-state index in [1.807, 2.05) is 13.8 Å². The van der Waals surface area contributed by atoms with Crippen LogP contribution in [0.4, 0.5) is 0 Å². The first kappa shape index (κ1) is 13.5. The maximum absolute atomic E-state index is 5.14. The highest BCUT2D eigenvalue weighted by atomic mass is 32.2. The lowest BCUT2D eigenvalue weighted by atomic mass is 10.2. The molecule has 20 heavy (non-hydrogen) atoms. The van der Waals surface area contributed by atoms with E-state index in [0.717, 1.165) is 21.1 Å². The number of hydrogen-bond acceptors (Lipinski definition) is 7. The fourth-order valence-corrected chi connectivity index (χ4v) is 4.06. The number of aromatic nitrogens is 4. The van der Waals surface area contributed by atoms with Crippen molar-refractivity contribution in [1.29, 1.82) is 0 Å². The summed E-state index contributed by atoms with van der Waals surface area (Å²) in [6, 6.07) is 0. The van der Waals surface area contributed by atoms with Crippen LogP contribution in [-0.4, -0.2) is 20.1 Å². The third-order valence-corrected chi connectivity index (χ3v) is 5.07. The summed E-state index contributed by atoms with van der Waals surface area (Å²) in [5, 5.41) is 5.94. The third kappa shape index (κ3) is 2.43. The topological polar surface area (TPSA) is 64.7 Å². The van der Waals surface area contributed by atoms with Crippen LogP contribution in [0.5, 0.6) is 0 Å². The van der Waals surface area contributed by atoms with Gasteiger partial charge in [-0.05, 0) is 33.3 Å². The minimum atomic E-state index is 0.626. The van der Waals surface area contributed by atoms with Gasteiger partial charge in [0.1, 0.15) is 15.7 Å². The van der Waals surface area contributed by atoms with Gasteiger partial charge < -0.3 is 4.52 Å². The van der Waals surface area contributed by atoms with Crippen molar-refractivity contribution in [2.75, 3.05) is 0 Å². The van der Waals surface area contributed by atoms with Gasteiger partial charge in [-0.3, -0.25) is 0 Å². The lowest BCUT2D eigenvalue weighted by Gasteiger charge is -2.03. The number of aryl methyl sites for hydroxylation is 4. The van der Waals surface area contributed by atoms with Crippen LogP contribution in [-0.2, 0) is 5.75 Å². The minimum absolute atomic E-state index is 0.626. The van der Waals surface area contributed by atoms with Crippen molar-refractivity contribution >= 4 is 33.3 Å². The van der Waals surface area contributed by atoms with Crippen molar-refractivity contribution < 1.29 is 4.52 Å². The van der Waals surface area contributed by atoms with Gasteiger partial charge in [0.25, 0.3) is 0 Å². The lowest BCUT2D eigenvalue weighted by molar-refractivity contribution is 0.387. The molecular formula is C13H14N4OS2. The summed E-state index contributed by atoms with van der Waals surface area (Å²) in [5.41, 5.74) is 1.26. The summed E-state index contributed by atoms with van der Waals surface area (Å²) < 4.78 is 5.14. The Labute approximate surface area is 124 Å². The molecule has 0 aromatic carbocycles. The molecule has 0 fully saturated rings. The fourth-order valence-electron chi connectivity index (χ4n) is 1.95. The van der Waals surface area contributed by atoms with Crippen LogP contribution in [0.25, 0.3) is 10.2 Å². The molecule has 104 valence electrons. The second-order valence-corrected chi connectivity index (χ2v) is 6.73. The molecule has 0 unspecified atom stereocenters. The first-order chi connectivity index (χ1) is 9.54. The van der Waals surface area contributed by atoms with Gasteiger partial charge in [0.05, 0.1) is 5.75 Å². The molecule has 0 aliphatic rings. The molecule has 3 heterocycles. The van der Waals surface area contributed by atoms with Crippen LogP contribution in [0, 0.1) is 27.7 Å². The van der Waals surface area contributed by atoms with Crippen LogP contribution in [0.15, 0.2) is 9.55 Å². The molecule has 0 N–H and O–H groups in total. The number of hydrogen-bond donors (Lipinski definition) is 0. The first-order valence-electron chi connectivity index (χ1n) is 6.21. The van der Waals surface area contributed by atoms with Gasteiger partial charge in [0.2, 0.25) is 5.89 Å². The minimum Gasteiger partial charge on any atom is -0.338 e. The summed E-state index contributed by atoms with van der Waals surface area (Å²) in [6.07, 6.45) is 0. The van der Waals surface area contributed by atoms with Crippen molar-refractivity contribution in [2.24, 2.45) is 0 Å². The van der Waals surface area contributed by atoms with Crippen LogP contribution >= 0.6 is 23.1 Å². The summed E-state index contributed by atoms with van der Waals surface area (Å²) in [5.74, 6) is 2.71. The van der Waals surface area contributed by atoms with E-state index in [0.29, 0.717) is 17.5 Å². The molecule has 0 aliphatic heterocycles. The number of fused-ring (bicyclic) bond motifs is 1.